The van der Waals surface area contributed by atoms with E-state index in [1.54, 1.807) is 0 Å². The molecule has 0 aromatic heterocycles. The van der Waals surface area contributed by atoms with E-state index in [0.717, 1.165) is 43.9 Å². The molecule has 2 fully saturated rings. The minimum atomic E-state index is -1.65. The summed E-state index contributed by atoms with van der Waals surface area (Å²) < 4.78 is 5.79. The van der Waals surface area contributed by atoms with Gasteiger partial charge in [-0.25, -0.2) is 4.79 Å². The molecule has 2 unspecified atom stereocenters. The first kappa shape index (κ1) is 28.8. The van der Waals surface area contributed by atoms with Gasteiger partial charge in [-0.15, -0.1) is 11.8 Å². The van der Waals surface area contributed by atoms with Crippen molar-refractivity contribution in [3.8, 4) is 0 Å². The Morgan fingerprint density at radius 1 is 1.09 bits per heavy atom. The number of hydrogen-bond acceptors (Lipinski definition) is 9. The van der Waals surface area contributed by atoms with E-state index in [9.17, 15) is 39.9 Å². The highest BCUT2D eigenvalue weighted by atomic mass is 32.2. The van der Waals surface area contributed by atoms with Crippen molar-refractivity contribution in [1.29, 1.82) is 0 Å². The molecule has 196 valence electrons. The van der Waals surface area contributed by atoms with Gasteiger partial charge in [0.15, 0.2) is 0 Å². The zero-order chi connectivity index (χ0) is 25.6. The van der Waals surface area contributed by atoms with Gasteiger partial charge in [-0.05, 0) is 32.1 Å². The van der Waals surface area contributed by atoms with Crippen LogP contribution in [-0.4, -0.2) is 97.1 Å². The number of aliphatic carboxylic acids is 1. The van der Waals surface area contributed by atoms with E-state index in [1.807, 2.05) is 0 Å². The molecule has 1 saturated heterocycles. The number of carboxylic acid groups (broad SMARTS) is 1. The average molecular weight is 507 g/mol. The number of aliphatic hydroxyl groups is 4. The van der Waals surface area contributed by atoms with E-state index in [-0.39, 0.29) is 17.6 Å². The molecule has 34 heavy (non-hydrogen) atoms. The largest absolute Gasteiger partial charge is 0.480 e. The summed E-state index contributed by atoms with van der Waals surface area (Å²) in [7, 11) is 0. The van der Waals surface area contributed by atoms with Gasteiger partial charge < -0.3 is 40.9 Å². The third-order valence-electron chi connectivity index (χ3n) is 6.50. The maximum absolute atomic E-state index is 12.9. The number of rotatable bonds is 11. The van der Waals surface area contributed by atoms with Gasteiger partial charge >= 0.3 is 5.97 Å². The molecule has 10 atom stereocenters. The molecule has 2 rings (SSSR count). The number of thioether (sulfide) groups is 1. The molecule has 2 aliphatic rings. The van der Waals surface area contributed by atoms with Crippen molar-refractivity contribution < 1.29 is 44.7 Å². The normalized spacial score (nSPS) is 34.1. The molecule has 0 aromatic carbocycles. The van der Waals surface area contributed by atoms with Gasteiger partial charge in [0.1, 0.15) is 35.9 Å². The highest BCUT2D eigenvalue weighted by molar-refractivity contribution is 7.99. The Labute approximate surface area is 203 Å². The van der Waals surface area contributed by atoms with Gasteiger partial charge in [0, 0.05) is 18.6 Å². The number of carbonyl (C=O) groups is 3. The average Bonchev–Trinajstić information content (AvgIpc) is 3.23. The van der Waals surface area contributed by atoms with Gasteiger partial charge in [0.25, 0.3) is 0 Å². The molecule has 12 heteroatoms. The molecule has 0 aromatic rings. The van der Waals surface area contributed by atoms with Crippen LogP contribution in [0.15, 0.2) is 0 Å². The maximum Gasteiger partial charge on any atom is 0.327 e. The summed E-state index contributed by atoms with van der Waals surface area (Å²) >= 11 is 0.839. The number of aliphatic hydroxyl groups excluding tert-OH is 4. The lowest BCUT2D eigenvalue weighted by Crippen LogP contribution is -2.65. The third kappa shape index (κ3) is 7.53. The van der Waals surface area contributed by atoms with Crippen LogP contribution in [0.1, 0.15) is 52.9 Å². The van der Waals surface area contributed by atoms with Crippen LogP contribution >= 0.6 is 11.8 Å². The zero-order valence-electron chi connectivity index (χ0n) is 19.8. The van der Waals surface area contributed by atoms with Gasteiger partial charge in [-0.2, -0.15) is 0 Å². The molecule has 1 heterocycles. The fraction of sp³-hybridized carbons (Fsp3) is 0.864. The second kappa shape index (κ2) is 13.0. The summed E-state index contributed by atoms with van der Waals surface area (Å²) in [5.41, 5.74) is -1.17. The Balaban J connectivity index is 2.09. The van der Waals surface area contributed by atoms with Gasteiger partial charge in [-0.3, -0.25) is 9.59 Å². The Morgan fingerprint density at radius 2 is 1.76 bits per heavy atom. The summed E-state index contributed by atoms with van der Waals surface area (Å²) in [4.78, 5) is 35.5. The molecule has 1 saturated carbocycles. The first-order chi connectivity index (χ1) is 16.0. The number of nitrogens with one attached hydrogen (secondary N) is 2. The first-order valence-corrected chi connectivity index (χ1v) is 12.8. The third-order valence-corrected chi connectivity index (χ3v) is 7.75. The Hall–Kier alpha value is -1.44. The number of carboxylic acids is 1. The molecule has 11 nitrogen and oxygen atoms in total. The van der Waals surface area contributed by atoms with E-state index in [4.69, 9.17) is 4.74 Å². The minimum absolute atomic E-state index is 0.182. The summed E-state index contributed by atoms with van der Waals surface area (Å²) in [6.45, 7) is 4.70. The number of amides is 2. The highest BCUT2D eigenvalue weighted by Gasteiger charge is 2.49. The molecule has 1 aliphatic heterocycles. The van der Waals surface area contributed by atoms with Crippen molar-refractivity contribution in [3.63, 3.8) is 0 Å². The molecule has 7 N–H and O–H groups in total. The van der Waals surface area contributed by atoms with Crippen molar-refractivity contribution in [1.82, 2.24) is 10.6 Å². The number of ether oxygens (including phenoxy) is 1. The fourth-order valence-corrected chi connectivity index (χ4v) is 5.84. The van der Waals surface area contributed by atoms with Crippen LogP contribution in [0.2, 0.25) is 0 Å². The molecule has 0 radical (unpaired) electrons. The lowest BCUT2D eigenvalue weighted by atomic mass is 9.91. The minimum Gasteiger partial charge on any atom is -0.480 e. The van der Waals surface area contributed by atoms with Crippen LogP contribution in [0.3, 0.4) is 0 Å². The molecule has 1 aliphatic carbocycles. The van der Waals surface area contributed by atoms with Crippen molar-refractivity contribution in [2.45, 2.75) is 101 Å². The van der Waals surface area contributed by atoms with Crippen molar-refractivity contribution in [2.75, 3.05) is 5.75 Å². The predicted octanol–water partition coefficient (Wildman–Crippen LogP) is -0.801. The highest BCUT2D eigenvalue weighted by Crippen LogP contribution is 2.35. The van der Waals surface area contributed by atoms with Crippen LogP contribution < -0.4 is 10.6 Å². The van der Waals surface area contributed by atoms with Crippen LogP contribution in [-0.2, 0) is 19.1 Å². The Bertz CT molecular complexity index is 710. The van der Waals surface area contributed by atoms with Crippen molar-refractivity contribution >= 4 is 29.5 Å². The summed E-state index contributed by atoms with van der Waals surface area (Å²) in [5, 5.41) is 56.0. The van der Waals surface area contributed by atoms with Crippen LogP contribution in [0.25, 0.3) is 0 Å². The standard InChI is InChI=1S/C22H38N2O9S/c1-4-5-12-6-7-13(8-12)20(30)24-15(10(2)25)19-17(28)16(27)18(29)22(33-19)34-9-14(21(31)32)23-11(3)26/h10,12-19,22,25,27-29H,4-9H2,1-3H3,(H,23,26)(H,24,30)(H,31,32)/t10-,12-,13+,14+,15-,16+,17-,18?,19?,22-/m1/s1. The lowest BCUT2D eigenvalue weighted by Gasteiger charge is -2.44. The summed E-state index contributed by atoms with van der Waals surface area (Å²) in [6.07, 6.45) is -2.68. The van der Waals surface area contributed by atoms with Crippen LogP contribution in [0, 0.1) is 11.8 Å². The topological polar surface area (TPSA) is 186 Å². The molecular formula is C22H38N2O9S. The maximum atomic E-state index is 12.9. The first-order valence-electron chi connectivity index (χ1n) is 11.8. The Morgan fingerprint density at radius 3 is 2.32 bits per heavy atom. The van der Waals surface area contributed by atoms with Crippen LogP contribution in [0.4, 0.5) is 0 Å². The molecular weight excluding hydrogens is 468 g/mol. The second-order valence-electron chi connectivity index (χ2n) is 9.31. The SMILES string of the molecule is CCC[C@@H]1CC[C@H](C(=O)N[C@@H](C2O[C@H](SC[C@H](NC(C)=O)C(=O)O)C(O)[C@@H](O)[C@H]2O)[C@@H](C)O)C1. The van der Waals surface area contributed by atoms with Gasteiger partial charge in [0.2, 0.25) is 11.8 Å². The molecule has 2 amide bonds. The van der Waals surface area contributed by atoms with E-state index in [0.29, 0.717) is 5.92 Å². The smallest absolute Gasteiger partial charge is 0.327 e. The zero-order valence-corrected chi connectivity index (χ0v) is 20.6. The molecule has 0 spiro atoms. The van der Waals surface area contributed by atoms with Crippen LogP contribution in [0.5, 0.6) is 0 Å². The second-order valence-corrected chi connectivity index (χ2v) is 10.4. The number of carbonyl (C=O) groups excluding carboxylic acids is 2. The van der Waals surface area contributed by atoms with Crippen molar-refractivity contribution in [3.05, 3.63) is 0 Å². The van der Waals surface area contributed by atoms with Gasteiger partial charge in [-0.1, -0.05) is 19.8 Å². The van der Waals surface area contributed by atoms with E-state index < -0.39 is 59.9 Å². The summed E-state index contributed by atoms with van der Waals surface area (Å²) in [6, 6.07) is -2.32. The quantitative estimate of drug-likeness (QED) is 0.187. The van der Waals surface area contributed by atoms with Crippen molar-refractivity contribution in [2.24, 2.45) is 11.8 Å². The van der Waals surface area contributed by atoms with Gasteiger partial charge in [0.05, 0.1) is 12.1 Å². The molecule has 0 bridgehead atoms. The fourth-order valence-electron chi connectivity index (χ4n) is 4.66. The predicted molar refractivity (Wildman–Crippen MR) is 124 cm³/mol. The van der Waals surface area contributed by atoms with E-state index in [2.05, 4.69) is 17.6 Å². The van der Waals surface area contributed by atoms with E-state index in [1.165, 1.54) is 13.8 Å². The van der Waals surface area contributed by atoms with E-state index >= 15 is 0 Å². The number of hydrogen-bond donors (Lipinski definition) is 7. The monoisotopic (exact) mass is 506 g/mol. The lowest BCUT2D eigenvalue weighted by molar-refractivity contribution is -0.211. The summed E-state index contributed by atoms with van der Waals surface area (Å²) in [5.74, 6) is -2.01. The Kier molecular flexibility index (Phi) is 11.0.